The molecule has 5 heteroatoms. The van der Waals surface area contributed by atoms with Crippen LogP contribution in [0.2, 0.25) is 0 Å². The SMILES string of the molecule is O=C(O)C1C=CC(CCN2C=CNC2)=C(C2CCc3ccccc3C2)C1=S. The van der Waals surface area contributed by atoms with Crippen molar-refractivity contribution < 1.29 is 9.90 Å². The van der Waals surface area contributed by atoms with Crippen LogP contribution in [0.3, 0.4) is 0 Å². The zero-order chi connectivity index (χ0) is 18.8. The van der Waals surface area contributed by atoms with E-state index in [1.54, 1.807) is 6.08 Å². The Bertz CT molecular complexity index is 856. The molecule has 2 atom stereocenters. The predicted molar refractivity (Wildman–Crippen MR) is 110 cm³/mol. The lowest BCUT2D eigenvalue weighted by atomic mass is 9.73. The van der Waals surface area contributed by atoms with E-state index in [9.17, 15) is 9.90 Å². The maximum Gasteiger partial charge on any atom is 0.315 e. The first-order chi connectivity index (χ1) is 13.1. The van der Waals surface area contributed by atoms with Crippen molar-refractivity contribution in [3.8, 4) is 0 Å². The Hall–Kier alpha value is -2.40. The lowest BCUT2D eigenvalue weighted by Crippen LogP contribution is -2.31. The fraction of sp³-hybridized carbons (Fsp3) is 0.364. The van der Waals surface area contributed by atoms with E-state index in [2.05, 4.69) is 40.7 Å². The van der Waals surface area contributed by atoms with Crippen LogP contribution >= 0.6 is 12.2 Å². The van der Waals surface area contributed by atoms with Gasteiger partial charge in [0.05, 0.1) is 6.67 Å². The van der Waals surface area contributed by atoms with Crippen molar-refractivity contribution in [3.05, 3.63) is 71.1 Å². The van der Waals surface area contributed by atoms with Gasteiger partial charge in [0.25, 0.3) is 0 Å². The molecule has 0 bridgehead atoms. The van der Waals surface area contributed by atoms with Gasteiger partial charge in [0.15, 0.2) is 0 Å². The van der Waals surface area contributed by atoms with Gasteiger partial charge in [-0.25, -0.2) is 0 Å². The van der Waals surface area contributed by atoms with Crippen LogP contribution in [-0.2, 0) is 17.6 Å². The van der Waals surface area contributed by atoms with Gasteiger partial charge < -0.3 is 15.3 Å². The van der Waals surface area contributed by atoms with Crippen LogP contribution in [0, 0.1) is 11.8 Å². The second-order valence-corrected chi connectivity index (χ2v) is 7.87. The van der Waals surface area contributed by atoms with Gasteiger partial charge in [0.1, 0.15) is 5.92 Å². The van der Waals surface area contributed by atoms with E-state index in [1.165, 1.54) is 16.7 Å². The molecule has 1 aromatic rings. The van der Waals surface area contributed by atoms with Crippen LogP contribution in [0.1, 0.15) is 24.0 Å². The maximum atomic E-state index is 11.7. The first-order valence-electron chi connectivity index (χ1n) is 9.52. The largest absolute Gasteiger partial charge is 0.481 e. The number of thiocarbonyl (C=S) groups is 1. The van der Waals surface area contributed by atoms with Crippen LogP contribution in [0.25, 0.3) is 0 Å². The third-order valence-corrected chi connectivity index (χ3v) is 6.24. The lowest BCUT2D eigenvalue weighted by molar-refractivity contribution is -0.138. The molecule has 0 saturated carbocycles. The second kappa shape index (κ2) is 7.69. The normalized spacial score (nSPS) is 24.1. The molecule has 4 nitrogen and oxygen atoms in total. The van der Waals surface area contributed by atoms with Crippen molar-refractivity contribution in [2.24, 2.45) is 11.8 Å². The summed E-state index contributed by atoms with van der Waals surface area (Å²) in [5.41, 5.74) is 5.11. The molecule has 0 aromatic heterocycles. The average molecular weight is 381 g/mol. The number of carbonyl (C=O) groups is 1. The lowest BCUT2D eigenvalue weighted by Gasteiger charge is -2.32. The number of hydrogen-bond donors (Lipinski definition) is 2. The van der Waals surface area contributed by atoms with Gasteiger partial charge in [-0.3, -0.25) is 4.79 Å². The molecular weight excluding hydrogens is 356 g/mol. The number of allylic oxidation sites excluding steroid dienone is 2. The summed E-state index contributed by atoms with van der Waals surface area (Å²) in [6.45, 7) is 1.72. The summed E-state index contributed by atoms with van der Waals surface area (Å²) in [7, 11) is 0. The summed E-state index contributed by atoms with van der Waals surface area (Å²) in [4.78, 5) is 14.5. The minimum atomic E-state index is -0.851. The van der Waals surface area contributed by atoms with Crippen molar-refractivity contribution >= 4 is 23.1 Å². The van der Waals surface area contributed by atoms with E-state index in [0.717, 1.165) is 44.5 Å². The average Bonchev–Trinajstić information content (AvgIpc) is 3.19. The number of benzene rings is 1. The molecule has 1 aromatic carbocycles. The number of aryl methyl sites for hydroxylation is 1. The summed E-state index contributed by atoms with van der Waals surface area (Å²) < 4.78 is 0. The Balaban J connectivity index is 1.62. The fourth-order valence-electron chi connectivity index (χ4n) is 4.33. The second-order valence-electron chi connectivity index (χ2n) is 7.43. The van der Waals surface area contributed by atoms with Crippen LogP contribution in [0.4, 0.5) is 0 Å². The van der Waals surface area contributed by atoms with E-state index in [0.29, 0.717) is 10.8 Å². The third-order valence-electron chi connectivity index (χ3n) is 5.77. The zero-order valence-electron chi connectivity index (χ0n) is 15.2. The minimum Gasteiger partial charge on any atom is -0.481 e. The van der Waals surface area contributed by atoms with Gasteiger partial charge in [-0.15, -0.1) is 0 Å². The Morgan fingerprint density at radius 3 is 2.85 bits per heavy atom. The summed E-state index contributed by atoms with van der Waals surface area (Å²) in [6.07, 6.45) is 11.7. The van der Waals surface area contributed by atoms with Crippen LogP contribution in [0.15, 0.2) is 60.0 Å². The molecule has 2 aliphatic carbocycles. The van der Waals surface area contributed by atoms with Gasteiger partial charge in [0.2, 0.25) is 0 Å². The van der Waals surface area contributed by atoms with E-state index < -0.39 is 11.9 Å². The fourth-order valence-corrected chi connectivity index (χ4v) is 4.81. The van der Waals surface area contributed by atoms with Gasteiger partial charge in [-0.05, 0) is 53.9 Å². The highest BCUT2D eigenvalue weighted by Crippen LogP contribution is 2.37. The van der Waals surface area contributed by atoms with Crippen LogP contribution < -0.4 is 5.32 Å². The smallest absolute Gasteiger partial charge is 0.315 e. The Morgan fingerprint density at radius 2 is 2.11 bits per heavy atom. The highest BCUT2D eigenvalue weighted by molar-refractivity contribution is 7.81. The Morgan fingerprint density at radius 1 is 1.30 bits per heavy atom. The first-order valence-corrected chi connectivity index (χ1v) is 9.93. The summed E-state index contributed by atoms with van der Waals surface area (Å²) in [6, 6.07) is 8.57. The molecule has 1 aliphatic heterocycles. The molecule has 4 rings (SSSR count). The molecular formula is C22H24N2O2S. The van der Waals surface area contributed by atoms with Crippen molar-refractivity contribution in [2.45, 2.75) is 25.7 Å². The number of fused-ring (bicyclic) bond motifs is 1. The summed E-state index contributed by atoms with van der Waals surface area (Å²) in [5, 5.41) is 12.8. The van der Waals surface area contributed by atoms with E-state index in [1.807, 2.05) is 12.3 Å². The highest BCUT2D eigenvalue weighted by Gasteiger charge is 2.33. The van der Waals surface area contributed by atoms with Gasteiger partial charge in [0, 0.05) is 23.8 Å². The Kier molecular flexibility index (Phi) is 5.12. The van der Waals surface area contributed by atoms with Crippen molar-refractivity contribution in [1.82, 2.24) is 10.2 Å². The van der Waals surface area contributed by atoms with E-state index >= 15 is 0 Å². The minimum absolute atomic E-state index is 0.307. The van der Waals surface area contributed by atoms with Gasteiger partial charge in [-0.1, -0.05) is 48.6 Å². The molecule has 27 heavy (non-hydrogen) atoms. The quantitative estimate of drug-likeness (QED) is 0.767. The van der Waals surface area contributed by atoms with Crippen molar-refractivity contribution in [1.29, 1.82) is 0 Å². The van der Waals surface area contributed by atoms with Crippen molar-refractivity contribution in [2.75, 3.05) is 13.2 Å². The molecule has 0 amide bonds. The van der Waals surface area contributed by atoms with Crippen LogP contribution in [-0.4, -0.2) is 34.1 Å². The molecule has 3 aliphatic rings. The Labute approximate surface area is 165 Å². The standard InChI is InChI=1S/C22H24N2O2S/c25-22(26)19-8-7-16(9-11-24-12-10-23-14-24)20(21(19)27)18-6-5-15-3-1-2-4-17(15)13-18/h1-4,7-8,10,12,18-19,23H,5-6,9,11,13-14H2,(H,25,26). The van der Waals surface area contributed by atoms with E-state index in [4.69, 9.17) is 12.2 Å². The van der Waals surface area contributed by atoms with Gasteiger partial charge >= 0.3 is 5.97 Å². The molecule has 0 saturated heterocycles. The molecule has 2 unspecified atom stereocenters. The van der Waals surface area contributed by atoms with Crippen LogP contribution in [0.5, 0.6) is 0 Å². The number of rotatable bonds is 5. The number of nitrogens with zero attached hydrogens (tertiary/aromatic N) is 1. The summed E-state index contributed by atoms with van der Waals surface area (Å²) in [5.74, 6) is -1.22. The predicted octanol–water partition coefficient (Wildman–Crippen LogP) is 3.45. The first kappa shape index (κ1) is 18.0. The zero-order valence-corrected chi connectivity index (χ0v) is 16.0. The molecule has 0 spiro atoms. The van der Waals surface area contributed by atoms with E-state index in [-0.39, 0.29) is 0 Å². The van der Waals surface area contributed by atoms with Crippen molar-refractivity contribution in [3.63, 3.8) is 0 Å². The summed E-state index contributed by atoms with van der Waals surface area (Å²) >= 11 is 5.70. The maximum absolute atomic E-state index is 11.7. The molecule has 1 heterocycles. The monoisotopic (exact) mass is 380 g/mol. The molecule has 0 fully saturated rings. The highest BCUT2D eigenvalue weighted by atomic mass is 32.1. The molecule has 140 valence electrons. The number of hydrogen-bond acceptors (Lipinski definition) is 4. The molecule has 2 N–H and O–H groups in total. The number of carboxylic acid groups (broad SMARTS) is 1. The number of aliphatic carboxylic acids is 1. The third kappa shape index (κ3) is 3.69. The number of nitrogens with one attached hydrogen (secondary N) is 1. The number of carboxylic acids is 1. The van der Waals surface area contributed by atoms with Gasteiger partial charge in [-0.2, -0.15) is 0 Å². The molecule has 0 radical (unpaired) electrons. The topological polar surface area (TPSA) is 52.6 Å².